The zero-order valence-electron chi connectivity index (χ0n) is 16.2. The zero-order chi connectivity index (χ0) is 18.8. The molecule has 0 aliphatic carbocycles. The van der Waals surface area contributed by atoms with E-state index in [1.807, 2.05) is 12.3 Å². The monoisotopic (exact) mass is 361 g/mol. The minimum absolute atomic E-state index is 0.0139. The number of fused-ring (bicyclic) bond motifs is 1. The number of benzene rings is 1. The van der Waals surface area contributed by atoms with Crippen molar-refractivity contribution in [3.05, 3.63) is 64.1 Å². The summed E-state index contributed by atoms with van der Waals surface area (Å²) in [5.41, 5.74) is 5.62. The summed E-state index contributed by atoms with van der Waals surface area (Å²) in [7, 11) is 0. The lowest BCUT2D eigenvalue weighted by molar-refractivity contribution is 0.791. The number of rotatable bonds is 5. The van der Waals surface area contributed by atoms with Crippen LogP contribution < -0.4 is 10.5 Å². The second-order valence-corrected chi connectivity index (χ2v) is 7.54. The summed E-state index contributed by atoms with van der Waals surface area (Å²) in [5, 5.41) is 0. The third-order valence-electron chi connectivity index (χ3n) is 5.55. The van der Waals surface area contributed by atoms with Crippen molar-refractivity contribution in [1.29, 1.82) is 0 Å². The molecule has 0 N–H and O–H groups in total. The van der Waals surface area contributed by atoms with Crippen LogP contribution in [-0.4, -0.2) is 22.5 Å². The smallest absolute Gasteiger partial charge is 0.259 e. The molecule has 0 amide bonds. The molecular formula is C23H27N3O. The highest BCUT2D eigenvalue weighted by Crippen LogP contribution is 2.24. The van der Waals surface area contributed by atoms with Crippen molar-refractivity contribution < 1.29 is 0 Å². The van der Waals surface area contributed by atoms with Crippen molar-refractivity contribution >= 4 is 11.5 Å². The van der Waals surface area contributed by atoms with Crippen LogP contribution in [-0.2, 0) is 6.42 Å². The number of pyridine rings is 1. The van der Waals surface area contributed by atoms with Crippen molar-refractivity contribution in [3.8, 4) is 11.1 Å². The van der Waals surface area contributed by atoms with Crippen molar-refractivity contribution in [2.45, 2.75) is 46.0 Å². The van der Waals surface area contributed by atoms with Crippen molar-refractivity contribution in [3.63, 3.8) is 0 Å². The lowest BCUT2D eigenvalue weighted by Crippen LogP contribution is -2.23. The van der Waals surface area contributed by atoms with Gasteiger partial charge < -0.3 is 4.90 Å². The van der Waals surface area contributed by atoms with Gasteiger partial charge in [0.05, 0.1) is 0 Å². The highest BCUT2D eigenvalue weighted by molar-refractivity contribution is 5.66. The highest BCUT2D eigenvalue weighted by atomic mass is 16.1. The van der Waals surface area contributed by atoms with Gasteiger partial charge in [-0.05, 0) is 67.0 Å². The Kier molecular flexibility index (Phi) is 4.97. The van der Waals surface area contributed by atoms with Crippen molar-refractivity contribution in [1.82, 2.24) is 9.38 Å². The summed E-state index contributed by atoms with van der Waals surface area (Å²) >= 11 is 0. The van der Waals surface area contributed by atoms with Crippen LogP contribution in [0.15, 0.2) is 47.4 Å². The summed E-state index contributed by atoms with van der Waals surface area (Å²) in [6, 6.07) is 12.3. The molecule has 0 spiro atoms. The van der Waals surface area contributed by atoms with Crippen molar-refractivity contribution in [2.75, 3.05) is 18.0 Å². The molecule has 1 aliphatic rings. The summed E-state index contributed by atoms with van der Waals surface area (Å²) in [6.45, 7) is 6.37. The molecular weight excluding hydrogens is 334 g/mol. The van der Waals surface area contributed by atoms with Crippen LogP contribution in [0.4, 0.5) is 5.82 Å². The molecule has 3 aromatic rings. The van der Waals surface area contributed by atoms with Gasteiger partial charge in [0.2, 0.25) is 0 Å². The van der Waals surface area contributed by atoms with Crippen LogP contribution in [0.1, 0.15) is 43.7 Å². The molecule has 0 unspecified atom stereocenters. The van der Waals surface area contributed by atoms with E-state index in [2.05, 4.69) is 43.0 Å². The predicted octanol–water partition coefficient (Wildman–Crippen LogP) is 4.61. The molecule has 0 bridgehead atoms. The Balaban J connectivity index is 1.69. The Morgan fingerprint density at radius 1 is 1.04 bits per heavy atom. The van der Waals surface area contributed by atoms with Gasteiger partial charge >= 0.3 is 0 Å². The molecule has 2 aromatic heterocycles. The van der Waals surface area contributed by atoms with Gasteiger partial charge in [0.25, 0.3) is 5.56 Å². The average Bonchev–Trinajstić information content (AvgIpc) is 3.21. The Morgan fingerprint density at radius 2 is 1.81 bits per heavy atom. The summed E-state index contributed by atoms with van der Waals surface area (Å²) in [4.78, 5) is 19.6. The first kappa shape index (κ1) is 17.8. The molecule has 1 fully saturated rings. The molecule has 0 atom stereocenters. The number of aryl methyl sites for hydroxylation is 2. The van der Waals surface area contributed by atoms with Gasteiger partial charge in [0.15, 0.2) is 0 Å². The minimum atomic E-state index is -0.0139. The van der Waals surface area contributed by atoms with Crippen LogP contribution in [0.3, 0.4) is 0 Å². The molecule has 4 nitrogen and oxygen atoms in total. The summed E-state index contributed by atoms with van der Waals surface area (Å²) in [6.07, 6.45) is 7.82. The Labute approximate surface area is 160 Å². The standard InChI is InChI=1S/C23H27N3O/c1-3-4-7-18-8-9-19(14-17(18)2)20-10-11-21-24-22(25-12-5-6-13-25)15-23(27)26(21)16-20/h8-11,14-16H,3-7,12-13H2,1-2H3. The average molecular weight is 361 g/mol. The normalized spacial score (nSPS) is 14.2. The van der Waals surface area contributed by atoms with E-state index in [9.17, 15) is 4.79 Å². The predicted molar refractivity (Wildman–Crippen MR) is 112 cm³/mol. The van der Waals surface area contributed by atoms with Gasteiger partial charge in [-0.2, -0.15) is 0 Å². The van der Waals surface area contributed by atoms with E-state index >= 15 is 0 Å². The Bertz CT molecular complexity index is 1020. The Morgan fingerprint density at radius 3 is 2.56 bits per heavy atom. The quantitative estimate of drug-likeness (QED) is 0.666. The minimum Gasteiger partial charge on any atom is -0.356 e. The fraction of sp³-hybridized carbons (Fsp3) is 0.391. The summed E-state index contributed by atoms with van der Waals surface area (Å²) in [5.74, 6) is 0.807. The van der Waals surface area contributed by atoms with E-state index in [0.29, 0.717) is 5.65 Å². The van der Waals surface area contributed by atoms with Gasteiger partial charge in [-0.1, -0.05) is 31.5 Å². The number of nitrogens with zero attached hydrogens (tertiary/aromatic N) is 3. The van der Waals surface area contributed by atoms with Gasteiger partial charge in [-0.15, -0.1) is 0 Å². The van der Waals surface area contributed by atoms with E-state index in [-0.39, 0.29) is 5.56 Å². The zero-order valence-corrected chi connectivity index (χ0v) is 16.2. The van der Waals surface area contributed by atoms with Crippen LogP contribution in [0.5, 0.6) is 0 Å². The molecule has 4 rings (SSSR count). The first-order valence-electron chi connectivity index (χ1n) is 10.0. The first-order chi connectivity index (χ1) is 13.2. The fourth-order valence-electron chi connectivity index (χ4n) is 3.89. The van der Waals surface area contributed by atoms with Gasteiger partial charge in [0, 0.05) is 25.4 Å². The molecule has 1 saturated heterocycles. The number of aromatic nitrogens is 2. The molecule has 1 aliphatic heterocycles. The molecule has 0 radical (unpaired) electrons. The van der Waals surface area contributed by atoms with E-state index < -0.39 is 0 Å². The third kappa shape index (κ3) is 3.61. The van der Waals surface area contributed by atoms with Crippen molar-refractivity contribution in [2.24, 2.45) is 0 Å². The first-order valence-corrected chi connectivity index (χ1v) is 10.0. The number of anilines is 1. The molecule has 4 heteroatoms. The van der Waals surface area contributed by atoms with Crippen LogP contribution in [0, 0.1) is 6.92 Å². The SMILES string of the molecule is CCCCc1ccc(-c2ccc3nc(N4CCCC4)cc(=O)n3c2)cc1C. The highest BCUT2D eigenvalue weighted by Gasteiger charge is 2.15. The van der Waals surface area contributed by atoms with Crippen LogP contribution in [0.2, 0.25) is 0 Å². The maximum Gasteiger partial charge on any atom is 0.259 e. The number of unbranched alkanes of at least 4 members (excludes halogenated alkanes) is 1. The molecule has 27 heavy (non-hydrogen) atoms. The van der Waals surface area contributed by atoms with E-state index in [0.717, 1.165) is 36.5 Å². The summed E-state index contributed by atoms with van der Waals surface area (Å²) < 4.78 is 1.66. The van der Waals surface area contributed by atoms with E-state index in [1.54, 1.807) is 10.5 Å². The topological polar surface area (TPSA) is 37.6 Å². The molecule has 3 heterocycles. The number of hydrogen-bond donors (Lipinski definition) is 0. The second-order valence-electron chi connectivity index (χ2n) is 7.54. The van der Waals surface area contributed by atoms with Gasteiger partial charge in [-0.25, -0.2) is 4.98 Å². The maximum absolute atomic E-state index is 12.7. The largest absolute Gasteiger partial charge is 0.356 e. The molecule has 1 aromatic carbocycles. The lowest BCUT2D eigenvalue weighted by atomic mass is 9.98. The Hall–Kier alpha value is -2.62. The van der Waals surface area contributed by atoms with E-state index in [4.69, 9.17) is 4.98 Å². The lowest BCUT2D eigenvalue weighted by Gasteiger charge is -2.16. The third-order valence-corrected chi connectivity index (χ3v) is 5.55. The maximum atomic E-state index is 12.7. The number of hydrogen-bond acceptors (Lipinski definition) is 3. The second kappa shape index (κ2) is 7.55. The van der Waals surface area contributed by atoms with Crippen LogP contribution >= 0.6 is 0 Å². The molecule has 0 saturated carbocycles. The fourth-order valence-corrected chi connectivity index (χ4v) is 3.89. The van der Waals surface area contributed by atoms with E-state index in [1.165, 1.54) is 36.8 Å². The van der Waals surface area contributed by atoms with Crippen LogP contribution in [0.25, 0.3) is 16.8 Å². The molecule has 140 valence electrons. The van der Waals surface area contributed by atoms with Gasteiger partial charge in [0.1, 0.15) is 11.5 Å². The van der Waals surface area contributed by atoms with Gasteiger partial charge in [-0.3, -0.25) is 9.20 Å².